The van der Waals surface area contributed by atoms with Gasteiger partial charge in [-0.1, -0.05) is 29.8 Å². The quantitative estimate of drug-likeness (QED) is 0.507. The highest BCUT2D eigenvalue weighted by atomic mass is 35.5. The van der Waals surface area contributed by atoms with E-state index in [9.17, 15) is 27.9 Å². The molecule has 0 aromatic heterocycles. The summed E-state index contributed by atoms with van der Waals surface area (Å²) >= 11 is 5.68. The summed E-state index contributed by atoms with van der Waals surface area (Å²) < 4.78 is 43.9. The molecule has 154 valence electrons. The van der Waals surface area contributed by atoms with Crippen molar-refractivity contribution in [2.75, 3.05) is 5.32 Å². The van der Waals surface area contributed by atoms with Crippen molar-refractivity contribution < 1.29 is 32.6 Å². The maximum absolute atomic E-state index is 12.8. The number of halogens is 4. The van der Waals surface area contributed by atoms with Crippen LogP contribution in [0.5, 0.6) is 11.5 Å². The lowest BCUT2D eigenvalue weighted by Crippen LogP contribution is -2.14. The number of carbonyl (C=O) groups is 2. The van der Waals surface area contributed by atoms with E-state index in [1.165, 1.54) is 42.5 Å². The molecular formula is C21H13ClF3NO4. The molecular weight excluding hydrogens is 423 g/mol. The molecule has 0 saturated heterocycles. The summed E-state index contributed by atoms with van der Waals surface area (Å²) in [6.07, 6.45) is -4.58. The predicted molar refractivity (Wildman–Crippen MR) is 104 cm³/mol. The molecule has 0 spiro atoms. The first-order valence-corrected chi connectivity index (χ1v) is 8.81. The van der Waals surface area contributed by atoms with Crippen LogP contribution in [0.3, 0.4) is 0 Å². The molecule has 0 unspecified atom stereocenters. The zero-order valence-electron chi connectivity index (χ0n) is 15.0. The van der Waals surface area contributed by atoms with Gasteiger partial charge in [-0.25, -0.2) is 4.79 Å². The minimum Gasteiger partial charge on any atom is -0.478 e. The number of carbonyl (C=O) groups excluding carboxylic acids is 1. The third-order valence-electron chi connectivity index (χ3n) is 3.98. The number of hydrogen-bond acceptors (Lipinski definition) is 3. The fourth-order valence-corrected chi connectivity index (χ4v) is 2.88. The number of carboxylic acids is 1. The van der Waals surface area contributed by atoms with Gasteiger partial charge in [0.05, 0.1) is 21.8 Å². The van der Waals surface area contributed by atoms with Crippen LogP contribution < -0.4 is 10.1 Å². The van der Waals surface area contributed by atoms with E-state index in [2.05, 4.69) is 5.32 Å². The average molecular weight is 436 g/mol. The number of carboxylic acid groups (broad SMARTS) is 1. The van der Waals surface area contributed by atoms with Crippen LogP contribution in [0.1, 0.15) is 26.3 Å². The van der Waals surface area contributed by atoms with E-state index in [1.807, 2.05) is 0 Å². The number of amides is 1. The molecule has 0 heterocycles. The van der Waals surface area contributed by atoms with Crippen molar-refractivity contribution in [2.45, 2.75) is 6.18 Å². The second-order valence-corrected chi connectivity index (χ2v) is 6.48. The number of nitrogens with one attached hydrogen (secondary N) is 1. The van der Waals surface area contributed by atoms with Crippen molar-refractivity contribution in [1.29, 1.82) is 0 Å². The van der Waals surface area contributed by atoms with Gasteiger partial charge >= 0.3 is 12.1 Å². The van der Waals surface area contributed by atoms with E-state index in [0.29, 0.717) is 0 Å². The molecule has 0 fully saturated rings. The highest BCUT2D eigenvalue weighted by Crippen LogP contribution is 2.37. The van der Waals surface area contributed by atoms with Gasteiger partial charge in [0, 0.05) is 11.6 Å². The van der Waals surface area contributed by atoms with E-state index < -0.39 is 28.6 Å². The van der Waals surface area contributed by atoms with Crippen molar-refractivity contribution in [3.05, 3.63) is 88.4 Å². The van der Waals surface area contributed by atoms with Gasteiger partial charge in [-0.15, -0.1) is 0 Å². The molecule has 2 N–H and O–H groups in total. The molecule has 1 amide bonds. The van der Waals surface area contributed by atoms with Gasteiger partial charge in [-0.05, 0) is 42.5 Å². The van der Waals surface area contributed by atoms with Crippen LogP contribution in [0.4, 0.5) is 18.9 Å². The Labute approximate surface area is 173 Å². The lowest BCUT2D eigenvalue weighted by molar-refractivity contribution is -0.137. The first-order chi connectivity index (χ1) is 14.1. The Kier molecular flexibility index (Phi) is 5.98. The third-order valence-corrected chi connectivity index (χ3v) is 4.30. The van der Waals surface area contributed by atoms with Gasteiger partial charge in [-0.2, -0.15) is 13.2 Å². The Morgan fingerprint density at radius 3 is 2.30 bits per heavy atom. The SMILES string of the molecule is O=C(Nc1ccccc1C(=O)O)c1cccc(Oc2ccc(C(F)(F)F)c(Cl)c2)c1. The number of aromatic carboxylic acids is 1. The van der Waals surface area contributed by atoms with Gasteiger partial charge in [0.25, 0.3) is 5.91 Å². The van der Waals surface area contributed by atoms with Gasteiger partial charge in [0.2, 0.25) is 0 Å². The summed E-state index contributed by atoms with van der Waals surface area (Å²) in [6, 6.07) is 14.7. The van der Waals surface area contributed by atoms with Gasteiger partial charge < -0.3 is 15.2 Å². The minimum absolute atomic E-state index is 0.0572. The number of anilines is 1. The first kappa shape index (κ1) is 21.2. The minimum atomic E-state index is -4.58. The average Bonchev–Trinajstić information content (AvgIpc) is 2.67. The third kappa shape index (κ3) is 4.90. The summed E-state index contributed by atoms with van der Waals surface area (Å²) in [4.78, 5) is 23.8. The van der Waals surface area contributed by atoms with E-state index in [-0.39, 0.29) is 28.3 Å². The lowest BCUT2D eigenvalue weighted by atomic mass is 10.1. The number of rotatable bonds is 5. The zero-order chi connectivity index (χ0) is 21.9. The first-order valence-electron chi connectivity index (χ1n) is 8.43. The Morgan fingerprint density at radius 2 is 1.63 bits per heavy atom. The van der Waals surface area contributed by atoms with Crippen molar-refractivity contribution in [3.8, 4) is 11.5 Å². The van der Waals surface area contributed by atoms with E-state index >= 15 is 0 Å². The summed E-state index contributed by atoms with van der Waals surface area (Å²) in [5.74, 6) is -1.53. The molecule has 5 nitrogen and oxygen atoms in total. The Bertz CT molecular complexity index is 1120. The Balaban J connectivity index is 1.79. The molecule has 0 aliphatic carbocycles. The number of benzene rings is 3. The summed E-state index contributed by atoms with van der Waals surface area (Å²) in [6.45, 7) is 0. The Morgan fingerprint density at radius 1 is 0.933 bits per heavy atom. The molecule has 0 bridgehead atoms. The molecule has 9 heteroatoms. The molecule has 3 aromatic carbocycles. The second kappa shape index (κ2) is 8.46. The van der Waals surface area contributed by atoms with Crippen LogP contribution in [-0.2, 0) is 6.18 Å². The summed E-state index contributed by atoms with van der Waals surface area (Å²) in [5.41, 5.74) is -0.777. The van der Waals surface area contributed by atoms with Gasteiger partial charge in [-0.3, -0.25) is 4.79 Å². The van der Waals surface area contributed by atoms with Crippen LogP contribution in [0.15, 0.2) is 66.7 Å². The van der Waals surface area contributed by atoms with Crippen molar-refractivity contribution in [3.63, 3.8) is 0 Å². The molecule has 3 aromatic rings. The molecule has 0 saturated carbocycles. The predicted octanol–water partition coefficient (Wildman–Crippen LogP) is 6.10. The van der Waals surface area contributed by atoms with Crippen LogP contribution in [0, 0.1) is 0 Å². The molecule has 0 atom stereocenters. The highest BCUT2D eigenvalue weighted by Gasteiger charge is 2.33. The van der Waals surface area contributed by atoms with Gasteiger partial charge in [0.15, 0.2) is 0 Å². The van der Waals surface area contributed by atoms with Crippen LogP contribution in [0.25, 0.3) is 0 Å². The van der Waals surface area contributed by atoms with Crippen LogP contribution in [0.2, 0.25) is 5.02 Å². The van der Waals surface area contributed by atoms with E-state index in [4.69, 9.17) is 16.3 Å². The van der Waals surface area contributed by atoms with E-state index in [0.717, 1.165) is 18.2 Å². The van der Waals surface area contributed by atoms with Crippen molar-refractivity contribution in [1.82, 2.24) is 0 Å². The summed E-state index contributed by atoms with van der Waals surface area (Å²) in [5, 5.41) is 11.2. The van der Waals surface area contributed by atoms with Crippen molar-refractivity contribution in [2.24, 2.45) is 0 Å². The number of alkyl halides is 3. The van der Waals surface area contributed by atoms with Gasteiger partial charge in [0.1, 0.15) is 11.5 Å². The fraction of sp³-hybridized carbons (Fsp3) is 0.0476. The molecule has 0 aliphatic rings. The zero-order valence-corrected chi connectivity index (χ0v) is 15.8. The number of ether oxygens (including phenoxy) is 1. The maximum atomic E-state index is 12.8. The second-order valence-electron chi connectivity index (χ2n) is 6.07. The summed E-state index contributed by atoms with van der Waals surface area (Å²) in [7, 11) is 0. The molecule has 0 aliphatic heterocycles. The fourth-order valence-electron chi connectivity index (χ4n) is 2.60. The topological polar surface area (TPSA) is 75.6 Å². The maximum Gasteiger partial charge on any atom is 0.417 e. The monoisotopic (exact) mass is 435 g/mol. The van der Waals surface area contributed by atoms with Crippen LogP contribution in [-0.4, -0.2) is 17.0 Å². The normalized spacial score (nSPS) is 11.1. The van der Waals surface area contributed by atoms with Crippen LogP contribution >= 0.6 is 11.6 Å². The standard InChI is InChI=1S/C21H13ClF3NO4/c22-17-11-14(8-9-16(17)21(23,24)25)30-13-5-3-4-12(10-13)19(27)26-18-7-2-1-6-15(18)20(28)29/h1-11H,(H,26,27)(H,28,29). The molecule has 0 radical (unpaired) electrons. The molecule has 30 heavy (non-hydrogen) atoms. The van der Waals surface area contributed by atoms with Crippen molar-refractivity contribution >= 4 is 29.2 Å². The number of para-hydroxylation sites is 1. The molecule has 3 rings (SSSR count). The Hall–Kier alpha value is -3.52. The van der Waals surface area contributed by atoms with E-state index in [1.54, 1.807) is 6.07 Å². The largest absolute Gasteiger partial charge is 0.478 e. The highest BCUT2D eigenvalue weighted by molar-refractivity contribution is 6.31. The lowest BCUT2D eigenvalue weighted by Gasteiger charge is -2.12. The number of hydrogen-bond donors (Lipinski definition) is 2. The smallest absolute Gasteiger partial charge is 0.417 e.